The quantitative estimate of drug-likeness (QED) is 0.0452. The Kier molecular flexibility index (Phi) is 15.5. The van der Waals surface area contributed by atoms with Crippen LogP contribution in [0.25, 0.3) is 11.1 Å². The molecular formula is C41H48O8. The number of ether oxygens (including phenoxy) is 5. The molecule has 1 aliphatic heterocycles. The van der Waals surface area contributed by atoms with Crippen LogP contribution in [0.15, 0.2) is 97.6 Å². The molecule has 260 valence electrons. The first-order valence-corrected chi connectivity index (χ1v) is 17.4. The summed E-state index contributed by atoms with van der Waals surface area (Å²) in [6, 6.07) is 22.4. The topological polar surface area (TPSA) is 97.4 Å². The Bertz CT molecular complexity index is 1480. The van der Waals surface area contributed by atoms with Crippen LogP contribution in [0.5, 0.6) is 17.2 Å². The van der Waals surface area contributed by atoms with Crippen molar-refractivity contribution >= 4 is 17.9 Å². The van der Waals surface area contributed by atoms with Crippen molar-refractivity contribution in [3.63, 3.8) is 0 Å². The Morgan fingerprint density at radius 3 is 1.69 bits per heavy atom. The summed E-state index contributed by atoms with van der Waals surface area (Å²) in [5, 5.41) is 0. The number of hydrogen-bond acceptors (Lipinski definition) is 8. The first kappa shape index (κ1) is 37.0. The molecule has 1 unspecified atom stereocenters. The Morgan fingerprint density at radius 1 is 0.673 bits per heavy atom. The van der Waals surface area contributed by atoms with Gasteiger partial charge in [-0.3, -0.25) is 0 Å². The summed E-state index contributed by atoms with van der Waals surface area (Å²) >= 11 is 0. The van der Waals surface area contributed by atoms with Gasteiger partial charge < -0.3 is 23.7 Å². The monoisotopic (exact) mass is 668 g/mol. The zero-order valence-electron chi connectivity index (χ0n) is 28.4. The number of carbonyl (C=O) groups is 3. The lowest BCUT2D eigenvalue weighted by molar-refractivity contribution is -0.139. The molecule has 1 fully saturated rings. The van der Waals surface area contributed by atoms with Crippen LogP contribution in [0.2, 0.25) is 0 Å². The van der Waals surface area contributed by atoms with Gasteiger partial charge in [-0.25, -0.2) is 14.4 Å². The minimum Gasteiger partial charge on any atom is -0.494 e. The molecule has 8 nitrogen and oxygen atoms in total. The van der Waals surface area contributed by atoms with Crippen LogP contribution in [0.3, 0.4) is 0 Å². The molecule has 0 radical (unpaired) electrons. The molecule has 0 saturated carbocycles. The summed E-state index contributed by atoms with van der Waals surface area (Å²) in [5.74, 6) is 0.980. The van der Waals surface area contributed by atoms with E-state index >= 15 is 0 Å². The number of hydrogen-bond donors (Lipinski definition) is 0. The third-order valence-corrected chi connectivity index (χ3v) is 8.29. The lowest BCUT2D eigenvalue weighted by Gasteiger charge is -2.09. The minimum absolute atomic E-state index is 0.00811. The number of cyclic esters (lactones) is 1. The number of unbranched alkanes of at least 4 members (excludes halogenated alkanes) is 8. The lowest BCUT2D eigenvalue weighted by atomic mass is 10.1. The molecular weight excluding hydrogens is 620 g/mol. The van der Waals surface area contributed by atoms with Gasteiger partial charge in [-0.15, -0.1) is 0 Å². The van der Waals surface area contributed by atoms with Crippen molar-refractivity contribution in [3.8, 4) is 28.4 Å². The maximum absolute atomic E-state index is 12.7. The second kappa shape index (κ2) is 20.5. The molecule has 1 heterocycles. The molecule has 0 N–H and O–H groups in total. The highest BCUT2D eigenvalue weighted by Crippen LogP contribution is 2.26. The van der Waals surface area contributed by atoms with Gasteiger partial charge in [-0.05, 0) is 91.8 Å². The van der Waals surface area contributed by atoms with Gasteiger partial charge in [0.05, 0.1) is 25.4 Å². The van der Waals surface area contributed by atoms with Gasteiger partial charge in [-0.1, -0.05) is 75.9 Å². The molecule has 0 aromatic heterocycles. The Morgan fingerprint density at radius 2 is 1.16 bits per heavy atom. The normalized spacial score (nSPS) is 13.8. The second-order valence-corrected chi connectivity index (χ2v) is 12.2. The van der Waals surface area contributed by atoms with E-state index in [0.29, 0.717) is 43.1 Å². The lowest BCUT2D eigenvalue weighted by Crippen LogP contribution is -2.08. The molecule has 0 amide bonds. The summed E-state index contributed by atoms with van der Waals surface area (Å²) < 4.78 is 27.6. The van der Waals surface area contributed by atoms with E-state index in [1.807, 2.05) is 36.4 Å². The SMILES string of the molecule is C=CC(=O)OCCCCCCCOc1ccc(-c2ccc(OC(=O)c3ccc(OCCCCCCCC4CC(=C)C(=O)O4)cc3)cc2)cc1. The fourth-order valence-electron chi connectivity index (χ4n) is 5.46. The molecule has 3 aromatic carbocycles. The van der Waals surface area contributed by atoms with Crippen LogP contribution in [-0.2, 0) is 19.1 Å². The fraction of sp³-hybridized carbons (Fsp3) is 0.390. The number of carbonyl (C=O) groups excluding carboxylic acids is 3. The van der Waals surface area contributed by atoms with Crippen molar-refractivity contribution in [2.24, 2.45) is 0 Å². The standard InChI is InChI=1S/C41H48O8/c1-3-39(42)47-29-13-9-5-8-12-28-45-35-21-15-32(16-22-35)33-17-25-37(26-18-33)48-41(44)34-19-23-36(24-20-34)46-27-11-7-4-6-10-14-38-30-31(2)40(43)49-38/h3,15-26,38H,1-2,4-14,27-30H2. The van der Waals surface area contributed by atoms with E-state index < -0.39 is 5.97 Å². The van der Waals surface area contributed by atoms with Crippen LogP contribution in [0.1, 0.15) is 87.4 Å². The van der Waals surface area contributed by atoms with E-state index in [4.69, 9.17) is 23.7 Å². The van der Waals surface area contributed by atoms with Gasteiger partial charge in [0.2, 0.25) is 0 Å². The van der Waals surface area contributed by atoms with Gasteiger partial charge in [-0.2, -0.15) is 0 Å². The van der Waals surface area contributed by atoms with E-state index in [1.54, 1.807) is 36.4 Å². The van der Waals surface area contributed by atoms with Gasteiger partial charge in [0.1, 0.15) is 23.4 Å². The second-order valence-electron chi connectivity index (χ2n) is 12.2. The summed E-state index contributed by atoms with van der Waals surface area (Å²) in [6.45, 7) is 8.83. The van der Waals surface area contributed by atoms with Crippen LogP contribution in [0.4, 0.5) is 0 Å². The predicted octanol–water partition coefficient (Wildman–Crippen LogP) is 9.22. The van der Waals surface area contributed by atoms with Crippen molar-refractivity contribution in [3.05, 3.63) is 103 Å². The van der Waals surface area contributed by atoms with Crippen molar-refractivity contribution in [2.45, 2.75) is 83.2 Å². The van der Waals surface area contributed by atoms with E-state index in [1.165, 1.54) is 6.08 Å². The Balaban J connectivity index is 1.07. The number of benzene rings is 3. The molecule has 1 atom stereocenters. The van der Waals surface area contributed by atoms with Crippen molar-refractivity contribution in [2.75, 3.05) is 19.8 Å². The van der Waals surface area contributed by atoms with Gasteiger partial charge in [0.15, 0.2) is 0 Å². The highest BCUT2D eigenvalue weighted by Gasteiger charge is 2.26. The maximum Gasteiger partial charge on any atom is 0.343 e. The number of rotatable bonds is 22. The molecule has 1 saturated heterocycles. The smallest absolute Gasteiger partial charge is 0.343 e. The first-order valence-electron chi connectivity index (χ1n) is 17.4. The third-order valence-electron chi connectivity index (χ3n) is 8.29. The number of esters is 3. The molecule has 0 aliphatic carbocycles. The van der Waals surface area contributed by atoms with Crippen LogP contribution in [-0.4, -0.2) is 43.8 Å². The van der Waals surface area contributed by atoms with Crippen molar-refractivity contribution in [1.82, 2.24) is 0 Å². The van der Waals surface area contributed by atoms with Crippen LogP contribution < -0.4 is 14.2 Å². The summed E-state index contributed by atoms with van der Waals surface area (Å²) in [4.78, 5) is 35.1. The third kappa shape index (κ3) is 13.3. The zero-order valence-corrected chi connectivity index (χ0v) is 28.4. The zero-order chi connectivity index (χ0) is 34.7. The van der Waals surface area contributed by atoms with E-state index in [0.717, 1.165) is 93.3 Å². The summed E-state index contributed by atoms with van der Waals surface area (Å²) in [5.41, 5.74) is 3.09. The molecule has 8 heteroatoms. The van der Waals surface area contributed by atoms with Crippen molar-refractivity contribution < 1.29 is 38.1 Å². The first-order chi connectivity index (χ1) is 23.9. The van der Waals surface area contributed by atoms with Crippen LogP contribution >= 0.6 is 0 Å². The maximum atomic E-state index is 12.7. The van der Waals surface area contributed by atoms with E-state index in [9.17, 15) is 14.4 Å². The molecule has 4 rings (SSSR count). The Labute approximate surface area is 290 Å². The molecule has 0 spiro atoms. The Hall–Kier alpha value is -4.85. The molecule has 49 heavy (non-hydrogen) atoms. The van der Waals surface area contributed by atoms with Gasteiger partial charge >= 0.3 is 17.9 Å². The highest BCUT2D eigenvalue weighted by atomic mass is 16.6. The largest absolute Gasteiger partial charge is 0.494 e. The summed E-state index contributed by atoms with van der Waals surface area (Å²) in [7, 11) is 0. The average Bonchev–Trinajstić information content (AvgIpc) is 3.45. The van der Waals surface area contributed by atoms with E-state index in [-0.39, 0.29) is 18.0 Å². The molecule has 0 bridgehead atoms. The summed E-state index contributed by atoms with van der Waals surface area (Å²) in [6.07, 6.45) is 13.0. The predicted molar refractivity (Wildman–Crippen MR) is 190 cm³/mol. The van der Waals surface area contributed by atoms with Gasteiger partial charge in [0.25, 0.3) is 0 Å². The van der Waals surface area contributed by atoms with E-state index in [2.05, 4.69) is 13.2 Å². The average molecular weight is 669 g/mol. The minimum atomic E-state index is -0.425. The molecule has 1 aliphatic rings. The van der Waals surface area contributed by atoms with Crippen molar-refractivity contribution in [1.29, 1.82) is 0 Å². The van der Waals surface area contributed by atoms with Gasteiger partial charge in [0, 0.05) is 18.1 Å². The fourth-order valence-corrected chi connectivity index (χ4v) is 5.46. The van der Waals surface area contributed by atoms with Crippen LogP contribution in [0, 0.1) is 0 Å². The molecule has 3 aromatic rings. The highest BCUT2D eigenvalue weighted by molar-refractivity contribution is 5.91.